The average Bonchev–Trinajstić information content (AvgIpc) is 2.83. The molecule has 2 aromatic heterocycles. The number of aryl methyl sites for hydroxylation is 1. The highest BCUT2D eigenvalue weighted by Crippen LogP contribution is 2.20. The third-order valence-corrected chi connectivity index (χ3v) is 4.07. The zero-order valence-corrected chi connectivity index (χ0v) is 13.5. The lowest BCUT2D eigenvalue weighted by molar-refractivity contribution is 0.0929. The Balaban J connectivity index is 1.70. The highest BCUT2D eigenvalue weighted by molar-refractivity contribution is 5.96. The van der Waals surface area contributed by atoms with Gasteiger partial charge in [0.1, 0.15) is 11.4 Å². The van der Waals surface area contributed by atoms with Gasteiger partial charge in [0.25, 0.3) is 5.91 Å². The summed E-state index contributed by atoms with van der Waals surface area (Å²) in [7, 11) is 2.95. The molecule has 1 amide bonds. The Hall–Kier alpha value is -2.84. The number of aromatic nitrogens is 4. The third-order valence-electron chi connectivity index (χ3n) is 4.07. The molecule has 0 bridgehead atoms. The van der Waals surface area contributed by atoms with Crippen molar-refractivity contribution in [2.45, 2.75) is 31.8 Å². The number of methoxy groups -OCH3 is 2. The van der Waals surface area contributed by atoms with Crippen LogP contribution in [-0.2, 0) is 13.0 Å². The molecule has 2 aromatic rings. The fraction of sp³-hybridized carbons (Fsp3) is 0.467. The summed E-state index contributed by atoms with van der Waals surface area (Å²) in [5, 5.41) is 9.43. The SMILES string of the molecule is COc1ccc(C(=O)NC2CCc3n[nH]c(=O)n3CC2)c(OC)n1. The first-order chi connectivity index (χ1) is 11.6. The first kappa shape index (κ1) is 16.0. The molecule has 2 N–H and O–H groups in total. The molecule has 3 rings (SSSR count). The molecule has 0 saturated carbocycles. The molecule has 128 valence electrons. The second-order valence-corrected chi connectivity index (χ2v) is 5.50. The Morgan fingerprint density at radius 1 is 1.33 bits per heavy atom. The van der Waals surface area contributed by atoms with Gasteiger partial charge in [-0.1, -0.05) is 0 Å². The van der Waals surface area contributed by atoms with Crippen LogP contribution in [0.4, 0.5) is 0 Å². The molecule has 1 aliphatic rings. The molecule has 0 saturated heterocycles. The first-order valence-corrected chi connectivity index (χ1v) is 7.66. The van der Waals surface area contributed by atoms with Crippen LogP contribution in [0.1, 0.15) is 29.0 Å². The van der Waals surface area contributed by atoms with Gasteiger partial charge in [-0.3, -0.25) is 9.36 Å². The highest BCUT2D eigenvalue weighted by Gasteiger charge is 2.22. The smallest absolute Gasteiger partial charge is 0.343 e. The summed E-state index contributed by atoms with van der Waals surface area (Å²) in [6, 6.07) is 3.18. The van der Waals surface area contributed by atoms with Crippen molar-refractivity contribution in [2.24, 2.45) is 0 Å². The Kier molecular flexibility index (Phi) is 4.50. The van der Waals surface area contributed by atoms with Gasteiger partial charge in [0, 0.05) is 25.1 Å². The molecule has 0 radical (unpaired) electrons. The van der Waals surface area contributed by atoms with Crippen LogP contribution in [0.2, 0.25) is 0 Å². The van der Waals surface area contributed by atoms with Gasteiger partial charge in [-0.15, -0.1) is 0 Å². The Morgan fingerprint density at radius 3 is 2.92 bits per heavy atom. The molecule has 1 aliphatic heterocycles. The molecule has 9 nitrogen and oxygen atoms in total. The van der Waals surface area contributed by atoms with E-state index in [9.17, 15) is 9.59 Å². The van der Waals surface area contributed by atoms with Crippen molar-refractivity contribution in [1.82, 2.24) is 25.1 Å². The standard InChI is InChI=1S/C15H19N5O4/c1-23-12-6-4-10(14(17-12)24-2)13(21)16-9-3-5-11-18-19-15(22)20(11)8-7-9/h4,6,9H,3,5,7-8H2,1-2H3,(H,16,21)(H,19,22). The average molecular weight is 333 g/mol. The van der Waals surface area contributed by atoms with Crippen LogP contribution in [0.5, 0.6) is 11.8 Å². The zero-order chi connectivity index (χ0) is 17.1. The largest absolute Gasteiger partial charge is 0.481 e. The number of fused-ring (bicyclic) bond motifs is 1. The summed E-state index contributed by atoms with van der Waals surface area (Å²) in [5.74, 6) is 1.05. The van der Waals surface area contributed by atoms with E-state index in [2.05, 4.69) is 20.5 Å². The van der Waals surface area contributed by atoms with Crippen molar-refractivity contribution in [3.63, 3.8) is 0 Å². The second-order valence-electron chi connectivity index (χ2n) is 5.50. The van der Waals surface area contributed by atoms with E-state index in [1.807, 2.05) is 0 Å². The Bertz CT molecular complexity index is 797. The van der Waals surface area contributed by atoms with E-state index in [1.165, 1.54) is 14.2 Å². The molecular formula is C15H19N5O4. The number of nitrogens with zero attached hydrogens (tertiary/aromatic N) is 3. The Labute approximate surface area is 138 Å². The van der Waals surface area contributed by atoms with Gasteiger partial charge in [0.05, 0.1) is 14.2 Å². The number of rotatable bonds is 4. The highest BCUT2D eigenvalue weighted by atomic mass is 16.5. The maximum atomic E-state index is 12.5. The molecule has 9 heteroatoms. The number of hydrogen-bond donors (Lipinski definition) is 2. The van der Waals surface area contributed by atoms with E-state index >= 15 is 0 Å². The van der Waals surface area contributed by atoms with Gasteiger partial charge in [0.2, 0.25) is 11.8 Å². The van der Waals surface area contributed by atoms with Gasteiger partial charge >= 0.3 is 5.69 Å². The van der Waals surface area contributed by atoms with E-state index in [0.29, 0.717) is 37.3 Å². The van der Waals surface area contributed by atoms with Crippen molar-refractivity contribution < 1.29 is 14.3 Å². The van der Waals surface area contributed by atoms with E-state index in [1.54, 1.807) is 16.7 Å². The summed E-state index contributed by atoms with van der Waals surface area (Å²) in [5.41, 5.74) is 0.135. The molecule has 0 spiro atoms. The van der Waals surface area contributed by atoms with E-state index < -0.39 is 0 Å². The summed E-state index contributed by atoms with van der Waals surface area (Å²) in [4.78, 5) is 28.3. The number of pyridine rings is 1. The van der Waals surface area contributed by atoms with Gasteiger partial charge in [-0.2, -0.15) is 10.1 Å². The molecule has 24 heavy (non-hydrogen) atoms. The van der Waals surface area contributed by atoms with Crippen LogP contribution < -0.4 is 20.5 Å². The summed E-state index contributed by atoms with van der Waals surface area (Å²) >= 11 is 0. The number of aromatic amines is 1. The summed E-state index contributed by atoms with van der Waals surface area (Å²) in [6.07, 6.45) is 1.99. The van der Waals surface area contributed by atoms with Crippen LogP contribution in [0.25, 0.3) is 0 Å². The number of H-pyrrole nitrogens is 1. The fourth-order valence-electron chi connectivity index (χ4n) is 2.78. The number of ether oxygens (including phenoxy) is 2. The van der Waals surface area contributed by atoms with Crippen LogP contribution in [-0.4, -0.2) is 45.9 Å². The van der Waals surface area contributed by atoms with Crippen molar-refractivity contribution in [2.75, 3.05) is 14.2 Å². The van der Waals surface area contributed by atoms with Gasteiger partial charge in [-0.25, -0.2) is 9.89 Å². The topological polar surface area (TPSA) is 111 Å². The minimum absolute atomic E-state index is 0.0505. The number of nitrogens with one attached hydrogen (secondary N) is 2. The molecule has 1 atom stereocenters. The first-order valence-electron chi connectivity index (χ1n) is 7.66. The van der Waals surface area contributed by atoms with Crippen LogP contribution in [0.15, 0.2) is 16.9 Å². The van der Waals surface area contributed by atoms with E-state index in [4.69, 9.17) is 9.47 Å². The predicted molar refractivity (Wildman–Crippen MR) is 84.4 cm³/mol. The van der Waals surface area contributed by atoms with Crippen LogP contribution in [0.3, 0.4) is 0 Å². The lowest BCUT2D eigenvalue weighted by atomic mass is 10.1. The van der Waals surface area contributed by atoms with Crippen molar-refractivity contribution in [3.05, 3.63) is 34.0 Å². The quantitative estimate of drug-likeness (QED) is 0.822. The lowest BCUT2D eigenvalue weighted by Crippen LogP contribution is -2.35. The molecule has 0 fully saturated rings. The van der Waals surface area contributed by atoms with Crippen molar-refractivity contribution in [3.8, 4) is 11.8 Å². The monoisotopic (exact) mass is 333 g/mol. The molecule has 0 aliphatic carbocycles. The molecule has 1 unspecified atom stereocenters. The second kappa shape index (κ2) is 6.73. The number of hydrogen-bond acceptors (Lipinski definition) is 6. The minimum Gasteiger partial charge on any atom is -0.481 e. The van der Waals surface area contributed by atoms with Crippen LogP contribution in [0, 0.1) is 0 Å². The van der Waals surface area contributed by atoms with Crippen molar-refractivity contribution in [1.29, 1.82) is 0 Å². The van der Waals surface area contributed by atoms with E-state index in [0.717, 1.165) is 5.82 Å². The minimum atomic E-state index is -0.263. The van der Waals surface area contributed by atoms with Crippen LogP contribution >= 0.6 is 0 Å². The fourth-order valence-corrected chi connectivity index (χ4v) is 2.78. The maximum absolute atomic E-state index is 12.5. The zero-order valence-electron chi connectivity index (χ0n) is 13.5. The molecule has 3 heterocycles. The predicted octanol–water partition coefficient (Wildman–Crippen LogP) is 0.119. The van der Waals surface area contributed by atoms with E-state index in [-0.39, 0.29) is 23.5 Å². The summed E-state index contributed by atoms with van der Waals surface area (Å²) in [6.45, 7) is 0.521. The Morgan fingerprint density at radius 2 is 2.17 bits per heavy atom. The maximum Gasteiger partial charge on any atom is 0.343 e. The summed E-state index contributed by atoms with van der Waals surface area (Å²) < 4.78 is 11.8. The van der Waals surface area contributed by atoms with Crippen molar-refractivity contribution >= 4 is 5.91 Å². The lowest BCUT2D eigenvalue weighted by Gasteiger charge is -2.17. The van der Waals surface area contributed by atoms with Gasteiger partial charge in [-0.05, 0) is 18.9 Å². The normalized spacial score (nSPS) is 16.8. The molecule has 0 aromatic carbocycles. The molecular weight excluding hydrogens is 314 g/mol. The number of amides is 1. The number of carbonyl (C=O) groups excluding carboxylic acids is 1. The number of carbonyl (C=O) groups is 1. The van der Waals surface area contributed by atoms with Gasteiger partial charge in [0.15, 0.2) is 0 Å². The van der Waals surface area contributed by atoms with Gasteiger partial charge < -0.3 is 14.8 Å². The third kappa shape index (κ3) is 3.10.